The maximum absolute atomic E-state index is 12.6. The van der Waals surface area contributed by atoms with E-state index in [2.05, 4.69) is 30.4 Å². The number of fused-ring (bicyclic) bond motifs is 1. The number of aryl methyl sites for hydroxylation is 1. The van der Waals surface area contributed by atoms with E-state index in [-0.39, 0.29) is 5.91 Å². The Morgan fingerprint density at radius 2 is 2.20 bits per heavy atom. The van der Waals surface area contributed by atoms with Crippen molar-refractivity contribution in [3.05, 3.63) is 41.1 Å². The maximum Gasteiger partial charge on any atom is 0.276 e. The minimum absolute atomic E-state index is 0.126. The van der Waals surface area contributed by atoms with Crippen molar-refractivity contribution in [2.75, 3.05) is 13.7 Å². The number of pyridine rings is 1. The molecular weight excluding hydrogens is 322 g/mol. The molecule has 1 aliphatic rings. The number of imidazole rings is 1. The van der Waals surface area contributed by atoms with Crippen LogP contribution in [0.3, 0.4) is 0 Å². The van der Waals surface area contributed by atoms with Crippen LogP contribution in [0.1, 0.15) is 27.6 Å². The highest BCUT2D eigenvalue weighted by atomic mass is 16.5. The highest BCUT2D eigenvalue weighted by molar-refractivity contribution is 5.93. The van der Waals surface area contributed by atoms with E-state index in [0.29, 0.717) is 36.8 Å². The summed E-state index contributed by atoms with van der Waals surface area (Å²) < 4.78 is 5.07. The molecule has 1 amide bonds. The van der Waals surface area contributed by atoms with Gasteiger partial charge in [-0.1, -0.05) is 0 Å². The van der Waals surface area contributed by atoms with Crippen molar-refractivity contribution in [2.24, 2.45) is 0 Å². The summed E-state index contributed by atoms with van der Waals surface area (Å²) in [6.07, 6.45) is 2.41. The zero-order chi connectivity index (χ0) is 17.4. The first kappa shape index (κ1) is 15.3. The van der Waals surface area contributed by atoms with E-state index >= 15 is 0 Å². The molecule has 0 spiro atoms. The summed E-state index contributed by atoms with van der Waals surface area (Å²) in [6.45, 7) is 2.83. The van der Waals surface area contributed by atoms with Crippen molar-refractivity contribution in [3.63, 3.8) is 0 Å². The molecule has 4 heterocycles. The van der Waals surface area contributed by atoms with Crippen molar-refractivity contribution in [1.29, 1.82) is 0 Å². The van der Waals surface area contributed by atoms with Crippen molar-refractivity contribution in [3.8, 4) is 17.3 Å². The predicted octanol–water partition coefficient (Wildman–Crippen LogP) is 1.11. The number of H-pyrrole nitrogens is 2. The molecule has 3 aromatic heterocycles. The lowest BCUT2D eigenvalue weighted by Crippen LogP contribution is -2.36. The van der Waals surface area contributed by atoms with E-state index in [4.69, 9.17) is 4.74 Å². The second kappa shape index (κ2) is 6.00. The van der Waals surface area contributed by atoms with Crippen LogP contribution in [0.5, 0.6) is 5.88 Å². The first-order valence-corrected chi connectivity index (χ1v) is 7.90. The van der Waals surface area contributed by atoms with Gasteiger partial charge in [0.25, 0.3) is 5.91 Å². The third kappa shape index (κ3) is 2.73. The Kier molecular flexibility index (Phi) is 3.68. The number of hydrogen-bond acceptors (Lipinski definition) is 6. The fraction of sp³-hybridized carbons (Fsp3) is 0.312. The molecule has 0 aliphatic carbocycles. The number of carbonyl (C=O) groups excluding carboxylic acids is 1. The topological polar surface area (TPSA) is 113 Å². The number of aromatic nitrogens is 6. The molecule has 2 N–H and O–H groups in total. The fourth-order valence-electron chi connectivity index (χ4n) is 2.88. The summed E-state index contributed by atoms with van der Waals surface area (Å²) in [5, 5.41) is 10.3. The summed E-state index contributed by atoms with van der Waals surface area (Å²) in [5.41, 5.74) is 3.76. The molecule has 25 heavy (non-hydrogen) atoms. The molecule has 128 valence electrons. The molecule has 0 fully saturated rings. The Balaban J connectivity index is 1.56. The Bertz CT molecular complexity index is 913. The van der Waals surface area contributed by atoms with Gasteiger partial charge in [-0.15, -0.1) is 0 Å². The van der Waals surface area contributed by atoms with Gasteiger partial charge in [0.15, 0.2) is 5.69 Å². The van der Waals surface area contributed by atoms with E-state index < -0.39 is 0 Å². The Labute approximate surface area is 143 Å². The van der Waals surface area contributed by atoms with Gasteiger partial charge in [0.05, 0.1) is 30.7 Å². The number of hydrogen-bond donors (Lipinski definition) is 2. The van der Waals surface area contributed by atoms with Gasteiger partial charge in [0.1, 0.15) is 5.82 Å². The molecule has 0 saturated heterocycles. The van der Waals surface area contributed by atoms with Crippen LogP contribution in [0.25, 0.3) is 11.4 Å². The average Bonchev–Trinajstić information content (AvgIpc) is 3.26. The van der Waals surface area contributed by atoms with Crippen LogP contribution < -0.4 is 4.74 Å². The van der Waals surface area contributed by atoms with Crippen LogP contribution in [0.4, 0.5) is 0 Å². The maximum atomic E-state index is 12.6. The van der Waals surface area contributed by atoms with Gasteiger partial charge in [0, 0.05) is 30.8 Å². The summed E-state index contributed by atoms with van der Waals surface area (Å²) in [4.78, 5) is 26.5. The number of amides is 1. The number of carbonyl (C=O) groups is 1. The van der Waals surface area contributed by atoms with Gasteiger partial charge in [-0.3, -0.25) is 4.79 Å². The van der Waals surface area contributed by atoms with E-state index in [0.717, 1.165) is 22.8 Å². The van der Waals surface area contributed by atoms with Gasteiger partial charge in [-0.25, -0.2) is 9.97 Å². The van der Waals surface area contributed by atoms with E-state index in [9.17, 15) is 4.79 Å². The molecular formula is C16H17N7O2. The van der Waals surface area contributed by atoms with Crippen molar-refractivity contribution in [1.82, 2.24) is 35.3 Å². The third-order valence-electron chi connectivity index (χ3n) is 4.26. The average molecular weight is 339 g/mol. The minimum atomic E-state index is -0.126. The highest BCUT2D eigenvalue weighted by Gasteiger charge is 2.27. The number of methoxy groups -OCH3 is 1. The van der Waals surface area contributed by atoms with Crippen LogP contribution in [0, 0.1) is 6.92 Å². The third-order valence-corrected chi connectivity index (χ3v) is 4.26. The Hall–Kier alpha value is -3.23. The largest absolute Gasteiger partial charge is 0.481 e. The second-order valence-electron chi connectivity index (χ2n) is 5.83. The summed E-state index contributed by atoms with van der Waals surface area (Å²) in [7, 11) is 1.58. The normalized spacial score (nSPS) is 13.6. The van der Waals surface area contributed by atoms with Crippen molar-refractivity contribution >= 4 is 5.91 Å². The standard InChI is InChI=1S/C16H17N7O2/c1-9-14(21-22-20-9)16(24)23-6-5-11-12(8-23)19-15(18-11)10-3-4-13(25-2)17-7-10/h3-4,7H,5-6,8H2,1-2H3,(H,18,19)(H,20,21,22). The Morgan fingerprint density at radius 3 is 2.88 bits per heavy atom. The SMILES string of the molecule is COc1ccc(-c2nc3c([nH]2)CN(C(=O)c2n[nH]nc2C)CC3)cn1. The number of ether oxygens (including phenoxy) is 1. The summed E-state index contributed by atoms with van der Waals surface area (Å²) in [5.74, 6) is 1.17. The highest BCUT2D eigenvalue weighted by Crippen LogP contribution is 2.24. The summed E-state index contributed by atoms with van der Waals surface area (Å²) >= 11 is 0. The van der Waals surface area contributed by atoms with E-state index in [1.54, 1.807) is 31.2 Å². The van der Waals surface area contributed by atoms with E-state index in [1.807, 2.05) is 6.07 Å². The van der Waals surface area contributed by atoms with Crippen molar-refractivity contribution < 1.29 is 9.53 Å². The summed E-state index contributed by atoms with van der Waals surface area (Å²) in [6, 6.07) is 3.69. The van der Waals surface area contributed by atoms with Crippen molar-refractivity contribution in [2.45, 2.75) is 19.9 Å². The molecule has 0 saturated carbocycles. The molecule has 0 radical (unpaired) electrons. The lowest BCUT2D eigenvalue weighted by atomic mass is 10.1. The van der Waals surface area contributed by atoms with Crippen LogP contribution in [0.15, 0.2) is 18.3 Å². The molecule has 0 bridgehead atoms. The number of aromatic amines is 2. The molecule has 4 rings (SSSR count). The zero-order valence-corrected chi connectivity index (χ0v) is 13.9. The van der Waals surface area contributed by atoms with E-state index in [1.165, 1.54) is 0 Å². The zero-order valence-electron chi connectivity index (χ0n) is 13.9. The predicted molar refractivity (Wildman–Crippen MR) is 87.9 cm³/mol. The second-order valence-corrected chi connectivity index (χ2v) is 5.83. The van der Waals surface area contributed by atoms with Crippen LogP contribution >= 0.6 is 0 Å². The molecule has 9 nitrogen and oxygen atoms in total. The lowest BCUT2D eigenvalue weighted by Gasteiger charge is -2.25. The molecule has 0 aromatic carbocycles. The quantitative estimate of drug-likeness (QED) is 0.739. The van der Waals surface area contributed by atoms with Gasteiger partial charge in [-0.2, -0.15) is 15.4 Å². The number of nitrogens with one attached hydrogen (secondary N) is 2. The lowest BCUT2D eigenvalue weighted by molar-refractivity contribution is 0.0725. The van der Waals surface area contributed by atoms with Gasteiger partial charge in [0.2, 0.25) is 5.88 Å². The van der Waals surface area contributed by atoms with Gasteiger partial charge in [-0.05, 0) is 13.0 Å². The fourth-order valence-corrected chi connectivity index (χ4v) is 2.88. The smallest absolute Gasteiger partial charge is 0.276 e. The molecule has 0 unspecified atom stereocenters. The molecule has 3 aromatic rings. The Morgan fingerprint density at radius 1 is 1.32 bits per heavy atom. The van der Waals surface area contributed by atoms with Gasteiger partial charge < -0.3 is 14.6 Å². The van der Waals surface area contributed by atoms with Crippen LogP contribution in [-0.4, -0.2) is 54.8 Å². The first-order chi connectivity index (χ1) is 12.2. The van der Waals surface area contributed by atoms with Gasteiger partial charge >= 0.3 is 0 Å². The molecule has 1 aliphatic heterocycles. The first-order valence-electron chi connectivity index (χ1n) is 7.90. The van der Waals surface area contributed by atoms with Crippen LogP contribution in [-0.2, 0) is 13.0 Å². The monoisotopic (exact) mass is 339 g/mol. The molecule has 0 atom stereocenters. The number of rotatable bonds is 3. The number of nitrogens with zero attached hydrogens (tertiary/aromatic N) is 5. The van der Waals surface area contributed by atoms with Crippen LogP contribution in [0.2, 0.25) is 0 Å². The molecule has 9 heteroatoms. The minimum Gasteiger partial charge on any atom is -0.481 e.